The molecular weight excluding hydrogens is 233 g/mol. The van der Waals surface area contributed by atoms with E-state index >= 15 is 0 Å². The SMILES string of the molecule is CC.Cc1ccc(B2CC(C)(C)C(C)(C)O2)c(C)n1. The van der Waals surface area contributed by atoms with Crippen molar-refractivity contribution in [3.05, 3.63) is 23.5 Å². The van der Waals surface area contributed by atoms with Crippen LogP contribution in [0.5, 0.6) is 0 Å². The monoisotopic (exact) mass is 261 g/mol. The van der Waals surface area contributed by atoms with Gasteiger partial charge in [0.15, 0.2) is 0 Å². The molecule has 0 aliphatic carbocycles. The molecule has 19 heavy (non-hydrogen) atoms. The van der Waals surface area contributed by atoms with E-state index in [4.69, 9.17) is 4.65 Å². The van der Waals surface area contributed by atoms with Gasteiger partial charge in [-0.15, -0.1) is 0 Å². The minimum Gasteiger partial charge on any atom is -0.425 e. The van der Waals surface area contributed by atoms with Crippen LogP contribution in [0.3, 0.4) is 0 Å². The zero-order valence-corrected chi connectivity index (χ0v) is 13.8. The summed E-state index contributed by atoms with van der Waals surface area (Å²) in [6.07, 6.45) is 1.06. The first-order chi connectivity index (χ1) is 8.73. The van der Waals surface area contributed by atoms with E-state index < -0.39 is 0 Å². The highest BCUT2D eigenvalue weighted by Crippen LogP contribution is 2.45. The van der Waals surface area contributed by atoms with Crippen LogP contribution >= 0.6 is 0 Å². The van der Waals surface area contributed by atoms with E-state index in [1.165, 1.54) is 5.46 Å². The Morgan fingerprint density at radius 3 is 2.11 bits per heavy atom. The summed E-state index contributed by atoms with van der Waals surface area (Å²) in [4.78, 5) is 4.53. The lowest BCUT2D eigenvalue weighted by Crippen LogP contribution is -2.37. The molecule has 0 radical (unpaired) electrons. The highest BCUT2D eigenvalue weighted by Gasteiger charge is 2.50. The van der Waals surface area contributed by atoms with E-state index in [1.54, 1.807) is 0 Å². The quantitative estimate of drug-likeness (QED) is 0.718. The van der Waals surface area contributed by atoms with E-state index in [0.717, 1.165) is 17.7 Å². The highest BCUT2D eigenvalue weighted by molar-refractivity contribution is 6.68. The smallest absolute Gasteiger partial charge is 0.329 e. The standard InChI is InChI=1S/C14H22BNO.C2H6/c1-10-7-8-12(11(2)16-10)15-9-13(3,4)14(5,6)17-15;1-2/h7-8H,9H2,1-6H3;1-2H3. The Balaban J connectivity index is 0.000000861. The molecule has 106 valence electrons. The van der Waals surface area contributed by atoms with E-state index in [2.05, 4.69) is 51.7 Å². The fourth-order valence-corrected chi connectivity index (χ4v) is 2.48. The van der Waals surface area contributed by atoms with E-state index in [9.17, 15) is 0 Å². The van der Waals surface area contributed by atoms with Crippen LogP contribution in [-0.4, -0.2) is 17.5 Å². The summed E-state index contributed by atoms with van der Waals surface area (Å²) >= 11 is 0. The number of hydrogen-bond donors (Lipinski definition) is 0. The minimum absolute atomic E-state index is 0.0744. The maximum Gasteiger partial charge on any atom is 0.329 e. The summed E-state index contributed by atoms with van der Waals surface area (Å²) < 4.78 is 6.23. The Morgan fingerprint density at radius 2 is 1.68 bits per heavy atom. The van der Waals surface area contributed by atoms with Crippen molar-refractivity contribution < 1.29 is 4.65 Å². The molecule has 0 N–H and O–H groups in total. The van der Waals surface area contributed by atoms with E-state index in [-0.39, 0.29) is 17.9 Å². The molecule has 1 aliphatic heterocycles. The first kappa shape index (κ1) is 16.2. The van der Waals surface area contributed by atoms with Crippen LogP contribution in [-0.2, 0) is 4.65 Å². The van der Waals surface area contributed by atoms with Gasteiger partial charge < -0.3 is 4.65 Å². The van der Waals surface area contributed by atoms with Crippen LogP contribution in [0.15, 0.2) is 12.1 Å². The molecule has 1 aromatic heterocycles. The third kappa shape index (κ3) is 3.20. The third-order valence-electron chi connectivity index (χ3n) is 4.38. The van der Waals surface area contributed by atoms with Gasteiger partial charge in [-0.1, -0.05) is 33.8 Å². The van der Waals surface area contributed by atoms with Crippen molar-refractivity contribution >= 4 is 12.4 Å². The zero-order chi connectivity index (χ0) is 14.8. The van der Waals surface area contributed by atoms with E-state index in [1.807, 2.05) is 20.8 Å². The van der Waals surface area contributed by atoms with Crippen molar-refractivity contribution in [3.8, 4) is 0 Å². The van der Waals surface area contributed by atoms with Crippen molar-refractivity contribution in [3.63, 3.8) is 0 Å². The molecule has 3 heteroatoms. The Kier molecular flexibility index (Phi) is 4.84. The van der Waals surface area contributed by atoms with Gasteiger partial charge in [-0.2, -0.15) is 0 Å². The Morgan fingerprint density at radius 1 is 1.11 bits per heavy atom. The fourth-order valence-electron chi connectivity index (χ4n) is 2.48. The van der Waals surface area contributed by atoms with Gasteiger partial charge in [0.1, 0.15) is 0 Å². The molecule has 0 aromatic carbocycles. The Bertz CT molecular complexity index is 424. The zero-order valence-electron chi connectivity index (χ0n) is 13.8. The maximum absolute atomic E-state index is 6.23. The first-order valence-corrected chi connectivity index (χ1v) is 7.35. The van der Waals surface area contributed by atoms with E-state index in [0.29, 0.717) is 0 Å². The summed E-state index contributed by atoms with van der Waals surface area (Å²) in [6, 6.07) is 4.24. The normalized spacial score (nSPS) is 19.9. The van der Waals surface area contributed by atoms with Gasteiger partial charge in [0.2, 0.25) is 0 Å². The lowest BCUT2D eigenvalue weighted by atomic mass is 9.54. The fraction of sp³-hybridized carbons (Fsp3) is 0.688. The molecule has 2 rings (SSSR count). The average molecular weight is 261 g/mol. The van der Waals surface area contributed by atoms with Gasteiger partial charge in [0, 0.05) is 11.4 Å². The molecule has 2 nitrogen and oxygen atoms in total. The topological polar surface area (TPSA) is 22.1 Å². The molecule has 0 unspecified atom stereocenters. The number of pyridine rings is 1. The van der Waals surface area contributed by atoms with Crippen LogP contribution in [0.2, 0.25) is 6.32 Å². The molecule has 1 fully saturated rings. The summed E-state index contributed by atoms with van der Waals surface area (Å²) in [5.41, 5.74) is 3.55. The average Bonchev–Trinajstić information content (AvgIpc) is 2.50. The number of aromatic nitrogens is 1. The predicted octanol–water partition coefficient (Wildman–Crippen LogP) is 3.76. The van der Waals surface area contributed by atoms with Crippen LogP contribution in [0.1, 0.15) is 52.9 Å². The molecule has 0 bridgehead atoms. The van der Waals surface area contributed by atoms with Gasteiger partial charge >= 0.3 is 6.92 Å². The van der Waals surface area contributed by atoms with Gasteiger partial charge in [-0.3, -0.25) is 4.98 Å². The molecule has 1 aromatic rings. The Labute approximate surface area is 119 Å². The number of aryl methyl sites for hydroxylation is 2. The van der Waals surface area contributed by atoms with Crippen molar-refractivity contribution in [1.29, 1.82) is 0 Å². The molecule has 1 aliphatic rings. The van der Waals surface area contributed by atoms with Crippen molar-refractivity contribution in [2.45, 2.75) is 67.3 Å². The molecule has 2 heterocycles. The largest absolute Gasteiger partial charge is 0.425 e. The highest BCUT2D eigenvalue weighted by atomic mass is 16.5. The number of rotatable bonds is 1. The molecule has 0 amide bonds. The predicted molar refractivity (Wildman–Crippen MR) is 84.2 cm³/mol. The lowest BCUT2D eigenvalue weighted by molar-refractivity contribution is 0.0375. The number of nitrogens with zero attached hydrogens (tertiary/aromatic N) is 1. The van der Waals surface area contributed by atoms with Crippen LogP contribution < -0.4 is 5.46 Å². The van der Waals surface area contributed by atoms with Gasteiger partial charge in [-0.05, 0) is 51.0 Å². The number of hydrogen-bond acceptors (Lipinski definition) is 2. The maximum atomic E-state index is 6.23. The van der Waals surface area contributed by atoms with Gasteiger partial charge in [0.25, 0.3) is 0 Å². The molecule has 0 spiro atoms. The Hall–Kier alpha value is -0.825. The second-order valence-corrected chi connectivity index (χ2v) is 6.33. The summed E-state index contributed by atoms with van der Waals surface area (Å²) in [5.74, 6) is 0. The second kappa shape index (κ2) is 5.66. The lowest BCUT2D eigenvalue weighted by Gasteiger charge is -2.34. The van der Waals surface area contributed by atoms with Crippen LogP contribution in [0, 0.1) is 19.3 Å². The van der Waals surface area contributed by atoms with Crippen molar-refractivity contribution in [2.24, 2.45) is 5.41 Å². The van der Waals surface area contributed by atoms with Crippen molar-refractivity contribution in [1.82, 2.24) is 4.98 Å². The summed E-state index contributed by atoms with van der Waals surface area (Å²) in [7, 11) is 0. The first-order valence-electron chi connectivity index (χ1n) is 7.35. The second-order valence-electron chi connectivity index (χ2n) is 6.33. The molecule has 1 saturated heterocycles. The van der Waals surface area contributed by atoms with Crippen molar-refractivity contribution in [2.75, 3.05) is 0 Å². The molecular formula is C16H28BNO. The minimum atomic E-state index is -0.0744. The summed E-state index contributed by atoms with van der Waals surface area (Å²) in [5, 5.41) is 0. The van der Waals surface area contributed by atoms with Crippen LogP contribution in [0.25, 0.3) is 0 Å². The van der Waals surface area contributed by atoms with Gasteiger partial charge in [-0.25, -0.2) is 0 Å². The van der Waals surface area contributed by atoms with Crippen LogP contribution in [0.4, 0.5) is 0 Å². The molecule has 0 saturated carbocycles. The van der Waals surface area contributed by atoms with Gasteiger partial charge in [0.05, 0.1) is 5.60 Å². The third-order valence-corrected chi connectivity index (χ3v) is 4.38. The molecule has 0 atom stereocenters. The summed E-state index contributed by atoms with van der Waals surface area (Å²) in [6.45, 7) is 17.2.